The van der Waals surface area contributed by atoms with Crippen molar-refractivity contribution in [1.82, 2.24) is 9.78 Å². The van der Waals surface area contributed by atoms with Crippen LogP contribution in [0.4, 0.5) is 10.5 Å². The number of nitrogens with two attached hydrogens (primary N) is 1. The van der Waals surface area contributed by atoms with Gasteiger partial charge in [0.25, 0.3) is 5.56 Å². The average molecular weight is 275 g/mol. The molecule has 1 aromatic heterocycles. The van der Waals surface area contributed by atoms with Crippen LogP contribution in [0.25, 0.3) is 0 Å². The number of nitrogens with zero attached hydrogens (tertiary/aromatic N) is 2. The molecule has 1 aromatic rings. The van der Waals surface area contributed by atoms with Crippen molar-refractivity contribution in [3.8, 4) is 0 Å². The molecule has 0 saturated carbocycles. The van der Waals surface area contributed by atoms with Gasteiger partial charge in [0.05, 0.1) is 11.9 Å². The van der Waals surface area contributed by atoms with Gasteiger partial charge in [-0.25, -0.2) is 9.48 Å². The quantitative estimate of drug-likeness (QED) is 0.748. The van der Waals surface area contributed by atoms with Crippen LogP contribution in [0.15, 0.2) is 11.0 Å². The molecular weight excluding hydrogens is 260 g/mol. The van der Waals surface area contributed by atoms with E-state index in [9.17, 15) is 9.59 Å². The number of nitrogens with one attached hydrogen (secondary N) is 1. The Labute approximate surface area is 109 Å². The predicted octanol–water partition coefficient (Wildman–Crippen LogP) is 0.814. The van der Waals surface area contributed by atoms with Crippen molar-refractivity contribution in [3.63, 3.8) is 0 Å². The zero-order chi connectivity index (χ0) is 13.5. The summed E-state index contributed by atoms with van der Waals surface area (Å²) in [6.07, 6.45) is 1.41. The van der Waals surface area contributed by atoms with Gasteiger partial charge in [0, 0.05) is 13.1 Å². The van der Waals surface area contributed by atoms with Crippen molar-refractivity contribution in [3.05, 3.63) is 21.6 Å². The Balaban J connectivity index is 2.65. The van der Waals surface area contributed by atoms with Gasteiger partial charge >= 0.3 is 6.09 Å². The SMILES string of the molecule is CCCn1ncc(NCCOC(N)=O)c(Cl)c1=O. The van der Waals surface area contributed by atoms with E-state index in [0.717, 1.165) is 6.42 Å². The molecule has 1 rings (SSSR count). The van der Waals surface area contributed by atoms with E-state index in [1.807, 2.05) is 6.92 Å². The lowest BCUT2D eigenvalue weighted by Gasteiger charge is -2.09. The molecule has 100 valence electrons. The molecule has 0 fully saturated rings. The van der Waals surface area contributed by atoms with E-state index in [-0.39, 0.29) is 17.2 Å². The highest BCUT2D eigenvalue weighted by atomic mass is 35.5. The molecule has 0 bridgehead atoms. The van der Waals surface area contributed by atoms with Gasteiger partial charge < -0.3 is 15.8 Å². The molecule has 8 heteroatoms. The largest absolute Gasteiger partial charge is 0.448 e. The molecule has 1 amide bonds. The van der Waals surface area contributed by atoms with Crippen LogP contribution in [0, 0.1) is 0 Å². The molecule has 0 aliphatic rings. The Hall–Kier alpha value is -1.76. The van der Waals surface area contributed by atoms with Crippen molar-refractivity contribution >= 4 is 23.4 Å². The highest BCUT2D eigenvalue weighted by molar-refractivity contribution is 6.32. The molecule has 0 unspecified atom stereocenters. The molecule has 0 atom stereocenters. The Bertz CT molecular complexity index is 475. The lowest BCUT2D eigenvalue weighted by atomic mass is 10.4. The summed E-state index contributed by atoms with van der Waals surface area (Å²) in [6, 6.07) is 0. The molecule has 0 spiro atoms. The second-order valence-electron chi connectivity index (χ2n) is 3.49. The fraction of sp³-hybridized carbons (Fsp3) is 0.500. The van der Waals surface area contributed by atoms with Gasteiger partial charge in [0.2, 0.25) is 0 Å². The van der Waals surface area contributed by atoms with E-state index < -0.39 is 6.09 Å². The molecule has 18 heavy (non-hydrogen) atoms. The zero-order valence-corrected chi connectivity index (χ0v) is 10.7. The second-order valence-corrected chi connectivity index (χ2v) is 3.87. The number of aryl methyl sites for hydroxylation is 1. The lowest BCUT2D eigenvalue weighted by molar-refractivity contribution is 0.161. The number of hydrogen-bond acceptors (Lipinski definition) is 5. The standard InChI is InChI=1S/C10H15ClN4O3/c1-2-4-15-9(16)8(11)7(6-14-15)13-3-5-18-10(12)17/h6,13H,2-5H2,1H3,(H2,12,17). The molecule has 0 aliphatic heterocycles. The average Bonchev–Trinajstić information content (AvgIpc) is 2.33. The predicted molar refractivity (Wildman–Crippen MR) is 67.8 cm³/mol. The summed E-state index contributed by atoms with van der Waals surface area (Å²) in [5.74, 6) is 0. The molecule has 0 radical (unpaired) electrons. The number of ether oxygens (including phenoxy) is 1. The summed E-state index contributed by atoms with van der Waals surface area (Å²) in [5, 5.41) is 6.87. The number of carbonyl (C=O) groups is 1. The minimum atomic E-state index is -0.848. The van der Waals surface area contributed by atoms with Crippen molar-refractivity contribution in [2.75, 3.05) is 18.5 Å². The lowest BCUT2D eigenvalue weighted by Crippen LogP contribution is -2.25. The molecule has 0 aliphatic carbocycles. The van der Waals surface area contributed by atoms with Crippen LogP contribution in [-0.2, 0) is 11.3 Å². The molecule has 0 saturated heterocycles. The number of halogens is 1. The molecule has 7 nitrogen and oxygen atoms in total. The highest BCUT2D eigenvalue weighted by Gasteiger charge is 2.08. The normalized spacial score (nSPS) is 10.1. The monoisotopic (exact) mass is 274 g/mol. The van der Waals surface area contributed by atoms with Crippen LogP contribution in [0.1, 0.15) is 13.3 Å². The van der Waals surface area contributed by atoms with Gasteiger partial charge in [0.15, 0.2) is 0 Å². The molecule has 1 heterocycles. The van der Waals surface area contributed by atoms with E-state index in [1.165, 1.54) is 10.9 Å². The van der Waals surface area contributed by atoms with Crippen LogP contribution in [0.3, 0.4) is 0 Å². The zero-order valence-electron chi connectivity index (χ0n) is 9.98. The number of carbonyl (C=O) groups excluding carboxylic acids is 1. The van der Waals surface area contributed by atoms with Gasteiger partial charge in [-0.1, -0.05) is 18.5 Å². The summed E-state index contributed by atoms with van der Waals surface area (Å²) < 4.78 is 5.82. The summed E-state index contributed by atoms with van der Waals surface area (Å²) in [7, 11) is 0. The second kappa shape index (κ2) is 6.85. The number of aromatic nitrogens is 2. The molecule has 3 N–H and O–H groups in total. The first kappa shape index (κ1) is 14.3. The number of hydrogen-bond donors (Lipinski definition) is 2. The maximum absolute atomic E-state index is 11.7. The highest BCUT2D eigenvalue weighted by Crippen LogP contribution is 2.14. The van der Waals surface area contributed by atoms with Crippen molar-refractivity contribution in [2.45, 2.75) is 19.9 Å². The maximum Gasteiger partial charge on any atom is 0.404 e. The van der Waals surface area contributed by atoms with E-state index in [2.05, 4.69) is 15.2 Å². The summed E-state index contributed by atoms with van der Waals surface area (Å²) in [4.78, 5) is 22.1. The number of rotatable bonds is 6. The van der Waals surface area contributed by atoms with Gasteiger partial charge in [0.1, 0.15) is 11.6 Å². The number of amides is 1. The summed E-state index contributed by atoms with van der Waals surface area (Å²) >= 11 is 5.91. The maximum atomic E-state index is 11.7. The Morgan fingerprint density at radius 2 is 2.39 bits per heavy atom. The molecular formula is C10H15ClN4O3. The van der Waals surface area contributed by atoms with Crippen LogP contribution in [0.5, 0.6) is 0 Å². The third-order valence-electron chi connectivity index (χ3n) is 2.08. The van der Waals surface area contributed by atoms with Gasteiger partial charge in [-0.3, -0.25) is 4.79 Å². The van der Waals surface area contributed by atoms with Crippen LogP contribution in [-0.4, -0.2) is 29.0 Å². The van der Waals surface area contributed by atoms with E-state index >= 15 is 0 Å². The minimum Gasteiger partial charge on any atom is -0.448 e. The van der Waals surface area contributed by atoms with Gasteiger partial charge in [-0.05, 0) is 6.42 Å². The van der Waals surface area contributed by atoms with E-state index in [0.29, 0.717) is 18.8 Å². The fourth-order valence-corrected chi connectivity index (χ4v) is 1.51. The van der Waals surface area contributed by atoms with Crippen molar-refractivity contribution < 1.29 is 9.53 Å². The smallest absolute Gasteiger partial charge is 0.404 e. The van der Waals surface area contributed by atoms with Gasteiger partial charge in [-0.2, -0.15) is 5.10 Å². The van der Waals surface area contributed by atoms with E-state index in [4.69, 9.17) is 17.3 Å². The Morgan fingerprint density at radius 1 is 1.67 bits per heavy atom. The Morgan fingerprint density at radius 3 is 3.00 bits per heavy atom. The fourth-order valence-electron chi connectivity index (χ4n) is 1.30. The van der Waals surface area contributed by atoms with Crippen molar-refractivity contribution in [1.29, 1.82) is 0 Å². The summed E-state index contributed by atoms with van der Waals surface area (Å²) in [5.41, 5.74) is 4.86. The first-order valence-corrected chi connectivity index (χ1v) is 5.85. The van der Waals surface area contributed by atoms with Crippen LogP contribution >= 0.6 is 11.6 Å². The third kappa shape index (κ3) is 3.92. The first-order chi connectivity index (χ1) is 8.56. The molecule has 0 aromatic carbocycles. The third-order valence-corrected chi connectivity index (χ3v) is 2.45. The van der Waals surface area contributed by atoms with Crippen molar-refractivity contribution in [2.24, 2.45) is 5.73 Å². The summed E-state index contributed by atoms with van der Waals surface area (Å²) in [6.45, 7) is 2.84. The number of primary amides is 1. The Kier molecular flexibility index (Phi) is 5.44. The van der Waals surface area contributed by atoms with E-state index in [1.54, 1.807) is 0 Å². The van der Waals surface area contributed by atoms with Crippen LogP contribution in [0.2, 0.25) is 5.02 Å². The minimum absolute atomic E-state index is 0.0672. The topological polar surface area (TPSA) is 99.2 Å². The van der Waals surface area contributed by atoms with Gasteiger partial charge in [-0.15, -0.1) is 0 Å². The first-order valence-electron chi connectivity index (χ1n) is 5.48. The van der Waals surface area contributed by atoms with Crippen LogP contribution < -0.4 is 16.6 Å². The number of anilines is 1.